The Balaban J connectivity index is 1.71. The molecule has 106 valence electrons. The second-order valence-electron chi connectivity index (χ2n) is 5.11. The molecule has 0 spiro atoms. The van der Waals surface area contributed by atoms with Gasteiger partial charge in [-0.3, -0.25) is 4.79 Å². The van der Waals surface area contributed by atoms with E-state index in [2.05, 4.69) is 9.98 Å². The number of aromatic nitrogens is 1. The van der Waals surface area contributed by atoms with E-state index in [4.69, 9.17) is 0 Å². The van der Waals surface area contributed by atoms with Crippen LogP contribution in [0.5, 0.6) is 5.75 Å². The molecule has 22 heavy (non-hydrogen) atoms. The molecule has 0 amide bonds. The summed E-state index contributed by atoms with van der Waals surface area (Å²) >= 11 is 0. The molecular formula is C18H12N2O2. The van der Waals surface area contributed by atoms with Crippen molar-refractivity contribution in [2.75, 3.05) is 0 Å². The van der Waals surface area contributed by atoms with E-state index in [1.54, 1.807) is 18.2 Å². The zero-order chi connectivity index (χ0) is 15.1. The van der Waals surface area contributed by atoms with E-state index in [0.717, 1.165) is 10.9 Å². The molecule has 0 aliphatic carbocycles. The lowest BCUT2D eigenvalue weighted by atomic mass is 10.1. The molecule has 0 fully saturated rings. The minimum Gasteiger partial charge on any atom is -0.505 e. The summed E-state index contributed by atoms with van der Waals surface area (Å²) in [6.45, 7) is 0. The molecule has 2 heterocycles. The maximum Gasteiger partial charge on any atom is 0.213 e. The molecule has 4 heteroatoms. The number of hydrogen-bond acceptors (Lipinski definition) is 3. The second-order valence-corrected chi connectivity index (χ2v) is 5.11. The third-order valence-corrected chi connectivity index (χ3v) is 3.74. The number of carbonyl (C=O) groups excluding carboxylic acids is 1. The molecular weight excluding hydrogens is 276 g/mol. The standard InChI is InChI=1S/C18H12N2O2/c21-17-11-5-1-3-7-13(11)19-15(17)9-10-16-18(22)12-6-2-4-8-14(12)20-16/h1-10,19,21H/b10-9+. The Morgan fingerprint density at radius 2 is 1.77 bits per heavy atom. The molecule has 0 unspecified atom stereocenters. The lowest BCUT2D eigenvalue weighted by Gasteiger charge is -1.92. The number of nitrogens with one attached hydrogen (secondary N) is 1. The van der Waals surface area contributed by atoms with Gasteiger partial charge in [-0.15, -0.1) is 0 Å². The van der Waals surface area contributed by atoms with Crippen LogP contribution in [0.1, 0.15) is 16.1 Å². The fourth-order valence-electron chi connectivity index (χ4n) is 2.63. The van der Waals surface area contributed by atoms with Gasteiger partial charge in [0.05, 0.1) is 11.4 Å². The number of fused-ring (bicyclic) bond motifs is 2. The number of allylic oxidation sites excluding steroid dienone is 1. The number of nitrogens with zero attached hydrogens (tertiary/aromatic N) is 1. The van der Waals surface area contributed by atoms with Crippen LogP contribution in [0, 0.1) is 0 Å². The summed E-state index contributed by atoms with van der Waals surface area (Å²) in [7, 11) is 0. The van der Waals surface area contributed by atoms with E-state index in [1.807, 2.05) is 42.5 Å². The van der Waals surface area contributed by atoms with Crippen LogP contribution in [-0.4, -0.2) is 21.6 Å². The molecule has 0 bridgehead atoms. The van der Waals surface area contributed by atoms with Gasteiger partial charge in [0.15, 0.2) is 0 Å². The maximum atomic E-state index is 12.2. The lowest BCUT2D eigenvalue weighted by molar-refractivity contribution is 0.107. The number of Topliss-reactive ketones (excluding diaryl/α,β-unsaturated/α-hetero) is 1. The van der Waals surface area contributed by atoms with Crippen molar-refractivity contribution in [3.05, 3.63) is 65.9 Å². The summed E-state index contributed by atoms with van der Waals surface area (Å²) < 4.78 is 0. The van der Waals surface area contributed by atoms with Crippen molar-refractivity contribution in [2.45, 2.75) is 0 Å². The number of H-pyrrole nitrogens is 1. The predicted octanol–water partition coefficient (Wildman–Crippen LogP) is 3.86. The zero-order valence-corrected chi connectivity index (χ0v) is 11.6. The van der Waals surface area contributed by atoms with Gasteiger partial charge in [0.2, 0.25) is 5.78 Å². The molecule has 2 aromatic carbocycles. The van der Waals surface area contributed by atoms with Gasteiger partial charge in [-0.2, -0.15) is 0 Å². The molecule has 0 saturated carbocycles. The molecule has 1 aliphatic heterocycles. The molecule has 1 aliphatic rings. The SMILES string of the molecule is O=C1C(/C=C/c2[nH]c3ccccc3c2O)=Nc2ccccc21. The minimum atomic E-state index is -0.0950. The van der Waals surface area contributed by atoms with Gasteiger partial charge in [-0.1, -0.05) is 24.3 Å². The van der Waals surface area contributed by atoms with Crippen LogP contribution in [0.15, 0.2) is 59.6 Å². The number of aromatic hydroxyl groups is 1. The van der Waals surface area contributed by atoms with E-state index >= 15 is 0 Å². The third-order valence-electron chi connectivity index (χ3n) is 3.74. The van der Waals surface area contributed by atoms with Gasteiger partial charge in [0.25, 0.3) is 0 Å². The van der Waals surface area contributed by atoms with E-state index < -0.39 is 0 Å². The van der Waals surface area contributed by atoms with Gasteiger partial charge in [-0.05, 0) is 36.4 Å². The normalized spacial score (nSPS) is 13.8. The number of carbonyl (C=O) groups is 1. The quantitative estimate of drug-likeness (QED) is 0.752. The minimum absolute atomic E-state index is 0.0950. The predicted molar refractivity (Wildman–Crippen MR) is 86.9 cm³/mol. The Kier molecular flexibility index (Phi) is 2.69. The summed E-state index contributed by atoms with van der Waals surface area (Å²) in [6.07, 6.45) is 3.31. The molecule has 4 rings (SSSR count). The highest BCUT2D eigenvalue weighted by Crippen LogP contribution is 2.30. The van der Waals surface area contributed by atoms with Crippen molar-refractivity contribution in [1.29, 1.82) is 0 Å². The molecule has 3 aromatic rings. The average molecular weight is 288 g/mol. The number of rotatable bonds is 2. The smallest absolute Gasteiger partial charge is 0.213 e. The Hall–Kier alpha value is -3.14. The van der Waals surface area contributed by atoms with Crippen molar-refractivity contribution >= 4 is 34.2 Å². The first kappa shape index (κ1) is 12.6. The van der Waals surface area contributed by atoms with E-state index in [1.165, 1.54) is 0 Å². The highest BCUT2D eigenvalue weighted by Gasteiger charge is 2.21. The van der Waals surface area contributed by atoms with Gasteiger partial charge < -0.3 is 10.1 Å². The van der Waals surface area contributed by atoms with E-state index in [-0.39, 0.29) is 11.5 Å². The van der Waals surface area contributed by atoms with E-state index in [9.17, 15) is 9.90 Å². The highest BCUT2D eigenvalue weighted by molar-refractivity contribution is 6.53. The molecule has 4 nitrogen and oxygen atoms in total. The molecule has 0 saturated heterocycles. The first-order chi connectivity index (χ1) is 10.7. The van der Waals surface area contributed by atoms with Crippen LogP contribution < -0.4 is 0 Å². The second kappa shape index (κ2) is 4.70. The summed E-state index contributed by atoms with van der Waals surface area (Å²) in [4.78, 5) is 19.7. The first-order valence-corrected chi connectivity index (χ1v) is 6.94. The highest BCUT2D eigenvalue weighted by atomic mass is 16.3. The fourth-order valence-corrected chi connectivity index (χ4v) is 2.63. The summed E-state index contributed by atoms with van der Waals surface area (Å²) in [5.41, 5.74) is 3.09. The molecule has 0 radical (unpaired) electrons. The Morgan fingerprint density at radius 1 is 1.00 bits per heavy atom. The van der Waals surface area contributed by atoms with Crippen LogP contribution in [0.3, 0.4) is 0 Å². The molecule has 0 atom stereocenters. The lowest BCUT2D eigenvalue weighted by Crippen LogP contribution is -2.05. The first-order valence-electron chi connectivity index (χ1n) is 6.94. The van der Waals surface area contributed by atoms with Crippen molar-refractivity contribution in [3.63, 3.8) is 0 Å². The van der Waals surface area contributed by atoms with Crippen molar-refractivity contribution in [2.24, 2.45) is 4.99 Å². The van der Waals surface area contributed by atoms with Gasteiger partial charge in [0.1, 0.15) is 11.5 Å². The van der Waals surface area contributed by atoms with Crippen molar-refractivity contribution in [1.82, 2.24) is 4.98 Å². The van der Waals surface area contributed by atoms with Crippen molar-refractivity contribution < 1.29 is 9.90 Å². The van der Waals surface area contributed by atoms with Crippen LogP contribution in [0.2, 0.25) is 0 Å². The van der Waals surface area contributed by atoms with Gasteiger partial charge in [0, 0.05) is 16.5 Å². The van der Waals surface area contributed by atoms with E-state index in [0.29, 0.717) is 22.7 Å². The number of para-hydroxylation sites is 2. The largest absolute Gasteiger partial charge is 0.505 e. The number of benzene rings is 2. The summed E-state index contributed by atoms with van der Waals surface area (Å²) in [6, 6.07) is 14.7. The Morgan fingerprint density at radius 3 is 2.59 bits per heavy atom. The summed E-state index contributed by atoms with van der Waals surface area (Å²) in [5, 5.41) is 11.0. The van der Waals surface area contributed by atoms with Crippen LogP contribution in [0.4, 0.5) is 5.69 Å². The van der Waals surface area contributed by atoms with Crippen LogP contribution in [-0.2, 0) is 0 Å². The number of aliphatic imine (C=N–C) groups is 1. The summed E-state index contributed by atoms with van der Waals surface area (Å²) in [5.74, 6) is 0.0814. The maximum absolute atomic E-state index is 12.2. The monoisotopic (exact) mass is 288 g/mol. The van der Waals surface area contributed by atoms with Gasteiger partial charge >= 0.3 is 0 Å². The third kappa shape index (κ3) is 1.85. The topological polar surface area (TPSA) is 65.5 Å². The number of ketones is 1. The zero-order valence-electron chi connectivity index (χ0n) is 11.6. The average Bonchev–Trinajstić information content (AvgIpc) is 3.04. The fraction of sp³-hybridized carbons (Fsp3) is 0. The molecule has 1 aromatic heterocycles. The van der Waals surface area contributed by atoms with Crippen LogP contribution in [0.25, 0.3) is 17.0 Å². The van der Waals surface area contributed by atoms with Gasteiger partial charge in [-0.25, -0.2) is 4.99 Å². The van der Waals surface area contributed by atoms with Crippen molar-refractivity contribution in [3.8, 4) is 5.75 Å². The van der Waals surface area contributed by atoms with Crippen LogP contribution >= 0.6 is 0 Å². The Bertz CT molecular complexity index is 964. The molecule has 2 N–H and O–H groups in total. The number of hydrogen-bond donors (Lipinski definition) is 2. The Labute approximate surface area is 126 Å². The number of aromatic amines is 1.